The van der Waals surface area contributed by atoms with Gasteiger partial charge in [-0.1, -0.05) is 278 Å². The molecule has 368 valence electrons. The number of unbranched alkanes of at least 4 members (excludes halogenated alkanes) is 37. The minimum atomic E-state index is -0.761. The van der Waals surface area contributed by atoms with Crippen molar-refractivity contribution in [2.75, 3.05) is 13.2 Å². The molecule has 62 heavy (non-hydrogen) atoms. The Morgan fingerprint density at radius 3 is 0.839 bits per heavy atom. The van der Waals surface area contributed by atoms with Crippen molar-refractivity contribution >= 4 is 17.9 Å². The Kier molecular flexibility index (Phi) is 49.1. The zero-order chi connectivity index (χ0) is 45.2. The molecule has 0 saturated heterocycles. The first-order valence-corrected chi connectivity index (χ1v) is 27.9. The summed E-state index contributed by atoms with van der Waals surface area (Å²) in [7, 11) is 0. The van der Waals surface area contributed by atoms with E-state index in [1.807, 2.05) is 0 Å². The maximum Gasteiger partial charge on any atom is 0.306 e. The van der Waals surface area contributed by atoms with Gasteiger partial charge in [0.15, 0.2) is 6.10 Å². The van der Waals surface area contributed by atoms with Crippen LogP contribution in [0, 0.1) is 5.92 Å². The highest BCUT2D eigenvalue weighted by Gasteiger charge is 2.19. The smallest absolute Gasteiger partial charge is 0.306 e. The van der Waals surface area contributed by atoms with Gasteiger partial charge in [0.05, 0.1) is 0 Å². The Balaban J connectivity index is 4.27. The summed E-state index contributed by atoms with van der Waals surface area (Å²) < 4.78 is 16.9. The summed E-state index contributed by atoms with van der Waals surface area (Å²) >= 11 is 0. The van der Waals surface area contributed by atoms with Crippen LogP contribution < -0.4 is 0 Å². The molecule has 0 aliphatic carbocycles. The summed E-state index contributed by atoms with van der Waals surface area (Å²) in [6.07, 6.45) is 53.6. The SMILES string of the molecule is CCCCCCCCCCCCCCCCC(=O)OC[C@H](COC(=O)CCCCCCCCCCCCCCCCC(C)CC)OC(=O)CCCCCCCCCCCCCC. The van der Waals surface area contributed by atoms with Gasteiger partial charge >= 0.3 is 17.9 Å². The van der Waals surface area contributed by atoms with Gasteiger partial charge in [-0.15, -0.1) is 0 Å². The predicted molar refractivity (Wildman–Crippen MR) is 266 cm³/mol. The molecular formula is C56H108O6. The first-order valence-electron chi connectivity index (χ1n) is 27.9. The molecule has 0 aromatic carbocycles. The number of carbonyl (C=O) groups is 3. The van der Waals surface area contributed by atoms with Gasteiger partial charge in [-0.3, -0.25) is 14.4 Å². The summed E-state index contributed by atoms with van der Waals surface area (Å²) in [5.74, 6) is 0.0575. The number of hydrogen-bond acceptors (Lipinski definition) is 6. The Labute approximate surface area is 387 Å². The lowest BCUT2D eigenvalue weighted by Gasteiger charge is -2.18. The van der Waals surface area contributed by atoms with E-state index in [0.29, 0.717) is 19.3 Å². The molecule has 0 fully saturated rings. The second kappa shape index (κ2) is 50.4. The number of hydrogen-bond donors (Lipinski definition) is 0. The molecule has 2 atom stereocenters. The van der Waals surface area contributed by atoms with Gasteiger partial charge in [0.1, 0.15) is 13.2 Å². The molecule has 0 saturated carbocycles. The fourth-order valence-electron chi connectivity index (χ4n) is 8.54. The van der Waals surface area contributed by atoms with Gasteiger partial charge in [0.25, 0.3) is 0 Å². The molecule has 0 aliphatic rings. The quantitative estimate of drug-likeness (QED) is 0.0344. The monoisotopic (exact) mass is 877 g/mol. The minimum absolute atomic E-state index is 0.0621. The van der Waals surface area contributed by atoms with Gasteiger partial charge in [-0.2, -0.15) is 0 Å². The highest BCUT2D eigenvalue weighted by molar-refractivity contribution is 5.71. The Hall–Kier alpha value is -1.59. The number of esters is 3. The van der Waals surface area contributed by atoms with Gasteiger partial charge in [0, 0.05) is 19.3 Å². The average Bonchev–Trinajstić information content (AvgIpc) is 3.27. The van der Waals surface area contributed by atoms with Crippen LogP contribution in [0.2, 0.25) is 0 Å². The van der Waals surface area contributed by atoms with Gasteiger partial charge in [-0.25, -0.2) is 0 Å². The summed E-state index contributed by atoms with van der Waals surface area (Å²) in [5, 5.41) is 0. The van der Waals surface area contributed by atoms with Crippen molar-refractivity contribution in [3.63, 3.8) is 0 Å². The van der Waals surface area contributed by atoms with Crippen LogP contribution in [0.3, 0.4) is 0 Å². The molecule has 0 aromatic heterocycles. The third-order valence-electron chi connectivity index (χ3n) is 13.2. The molecule has 0 aromatic rings. The zero-order valence-corrected chi connectivity index (χ0v) is 42.3. The van der Waals surface area contributed by atoms with Crippen molar-refractivity contribution in [3.8, 4) is 0 Å². The van der Waals surface area contributed by atoms with E-state index in [0.717, 1.165) is 63.7 Å². The molecule has 0 radical (unpaired) electrons. The second-order valence-corrected chi connectivity index (χ2v) is 19.5. The second-order valence-electron chi connectivity index (χ2n) is 19.5. The zero-order valence-electron chi connectivity index (χ0n) is 42.3. The average molecular weight is 877 g/mol. The molecule has 0 heterocycles. The molecule has 6 nitrogen and oxygen atoms in total. The van der Waals surface area contributed by atoms with Gasteiger partial charge in [0.2, 0.25) is 0 Å². The third kappa shape index (κ3) is 47.9. The molecule has 0 rings (SSSR count). The normalized spacial score (nSPS) is 12.4. The Morgan fingerprint density at radius 1 is 0.323 bits per heavy atom. The van der Waals surface area contributed by atoms with E-state index in [2.05, 4.69) is 27.7 Å². The standard InChI is InChI=1S/C56H108O6/c1-5-8-10-12-14-16-18-20-24-28-31-35-39-43-47-54(57)60-50-53(62-56(59)49-45-41-37-33-27-19-17-15-13-11-9-6-2)51-61-55(58)48-44-40-36-32-29-25-22-21-23-26-30-34-38-42-46-52(4)7-3/h52-53H,5-51H2,1-4H3/t52?,53-/m1/s1. The summed E-state index contributed by atoms with van der Waals surface area (Å²) in [5.41, 5.74) is 0. The van der Waals surface area contributed by atoms with Crippen LogP contribution in [0.4, 0.5) is 0 Å². The van der Waals surface area contributed by atoms with E-state index in [1.54, 1.807) is 0 Å². The molecular weight excluding hydrogens is 769 g/mol. The molecule has 1 unspecified atom stereocenters. The maximum absolute atomic E-state index is 12.8. The summed E-state index contributed by atoms with van der Waals surface area (Å²) in [4.78, 5) is 38.0. The molecule has 0 aliphatic heterocycles. The highest BCUT2D eigenvalue weighted by Crippen LogP contribution is 2.18. The lowest BCUT2D eigenvalue weighted by atomic mass is 9.99. The van der Waals surface area contributed by atoms with Crippen molar-refractivity contribution < 1.29 is 28.6 Å². The van der Waals surface area contributed by atoms with Crippen molar-refractivity contribution in [1.82, 2.24) is 0 Å². The summed E-state index contributed by atoms with van der Waals surface area (Å²) in [6.45, 7) is 9.08. The Morgan fingerprint density at radius 2 is 0.565 bits per heavy atom. The van der Waals surface area contributed by atoms with E-state index in [1.165, 1.54) is 212 Å². The van der Waals surface area contributed by atoms with Crippen LogP contribution in [-0.4, -0.2) is 37.2 Å². The fraction of sp³-hybridized carbons (Fsp3) is 0.946. The highest BCUT2D eigenvalue weighted by atomic mass is 16.6. The molecule has 0 N–H and O–H groups in total. The number of ether oxygens (including phenoxy) is 3. The topological polar surface area (TPSA) is 78.9 Å². The van der Waals surface area contributed by atoms with Gasteiger partial charge < -0.3 is 14.2 Å². The number of carbonyl (C=O) groups excluding carboxylic acids is 3. The fourth-order valence-corrected chi connectivity index (χ4v) is 8.54. The largest absolute Gasteiger partial charge is 0.462 e. The first kappa shape index (κ1) is 60.4. The van der Waals surface area contributed by atoms with Crippen molar-refractivity contribution in [1.29, 1.82) is 0 Å². The maximum atomic E-state index is 12.8. The van der Waals surface area contributed by atoms with E-state index in [4.69, 9.17) is 14.2 Å². The van der Waals surface area contributed by atoms with Crippen molar-refractivity contribution in [2.45, 2.75) is 323 Å². The lowest BCUT2D eigenvalue weighted by molar-refractivity contribution is -0.167. The number of rotatable bonds is 51. The first-order chi connectivity index (χ1) is 30.4. The van der Waals surface area contributed by atoms with Gasteiger partial charge in [-0.05, 0) is 25.2 Å². The predicted octanol–water partition coefficient (Wildman–Crippen LogP) is 18.2. The van der Waals surface area contributed by atoms with Crippen molar-refractivity contribution in [2.24, 2.45) is 5.92 Å². The van der Waals surface area contributed by atoms with Crippen molar-refractivity contribution in [3.05, 3.63) is 0 Å². The van der Waals surface area contributed by atoms with Crippen LogP contribution in [0.5, 0.6) is 0 Å². The van der Waals surface area contributed by atoms with E-state index < -0.39 is 6.10 Å². The van der Waals surface area contributed by atoms with Crippen LogP contribution in [0.15, 0.2) is 0 Å². The third-order valence-corrected chi connectivity index (χ3v) is 13.2. The van der Waals surface area contributed by atoms with E-state index in [-0.39, 0.29) is 31.1 Å². The van der Waals surface area contributed by atoms with Crippen LogP contribution >= 0.6 is 0 Å². The van der Waals surface area contributed by atoms with E-state index >= 15 is 0 Å². The van der Waals surface area contributed by atoms with Crippen LogP contribution in [0.25, 0.3) is 0 Å². The Bertz CT molecular complexity index is 935. The minimum Gasteiger partial charge on any atom is -0.462 e. The molecule has 0 spiro atoms. The molecule has 6 heteroatoms. The summed E-state index contributed by atoms with van der Waals surface area (Å²) in [6, 6.07) is 0. The molecule has 0 amide bonds. The van der Waals surface area contributed by atoms with E-state index in [9.17, 15) is 14.4 Å². The van der Waals surface area contributed by atoms with Crippen LogP contribution in [-0.2, 0) is 28.6 Å². The molecule has 0 bridgehead atoms. The van der Waals surface area contributed by atoms with Crippen LogP contribution in [0.1, 0.15) is 317 Å². The lowest BCUT2D eigenvalue weighted by Crippen LogP contribution is -2.30.